The van der Waals surface area contributed by atoms with Crippen molar-refractivity contribution in [2.24, 2.45) is 5.73 Å². The predicted molar refractivity (Wildman–Crippen MR) is 81.3 cm³/mol. The molecule has 0 bridgehead atoms. The topological polar surface area (TPSA) is 148 Å². The van der Waals surface area contributed by atoms with Crippen LogP contribution < -0.4 is 16.4 Å². The van der Waals surface area contributed by atoms with Gasteiger partial charge in [-0.05, 0) is 27.2 Å². The van der Waals surface area contributed by atoms with E-state index in [0.29, 0.717) is 0 Å². The number of carbonyl (C=O) groups excluding carboxylic acids is 3. The Labute approximate surface area is 134 Å². The number of hydrogen-bond donors (Lipinski definition) is 4. The zero-order valence-electron chi connectivity index (χ0n) is 13.8. The summed E-state index contributed by atoms with van der Waals surface area (Å²) in [4.78, 5) is 46.4. The van der Waals surface area contributed by atoms with Crippen molar-refractivity contribution in [3.8, 4) is 0 Å². The van der Waals surface area contributed by atoms with Gasteiger partial charge in [-0.3, -0.25) is 14.4 Å². The minimum Gasteiger partial charge on any atom is -0.481 e. The fraction of sp³-hybridized carbons (Fsp3) is 0.714. The summed E-state index contributed by atoms with van der Waals surface area (Å²) in [7, 11) is 0. The summed E-state index contributed by atoms with van der Waals surface area (Å²) in [6.07, 6.45) is -0.709. The molecule has 0 rings (SSSR count). The Bertz CT molecular complexity index is 450. The summed E-state index contributed by atoms with van der Waals surface area (Å²) in [5, 5.41) is 13.5. The van der Waals surface area contributed by atoms with E-state index in [9.17, 15) is 19.2 Å². The minimum atomic E-state index is -1.33. The molecule has 0 aromatic carbocycles. The Morgan fingerprint density at radius 2 is 1.57 bits per heavy atom. The Hall–Kier alpha value is -2.16. The number of ether oxygens (including phenoxy) is 1. The van der Waals surface area contributed by atoms with Gasteiger partial charge in [0.1, 0.15) is 12.1 Å². The molecule has 132 valence electrons. The number of esters is 1. The van der Waals surface area contributed by atoms with Gasteiger partial charge in [-0.1, -0.05) is 6.92 Å². The molecule has 9 nitrogen and oxygen atoms in total. The Morgan fingerprint density at radius 3 is 1.96 bits per heavy atom. The van der Waals surface area contributed by atoms with Crippen LogP contribution in [-0.2, 0) is 23.9 Å². The summed E-state index contributed by atoms with van der Waals surface area (Å²) in [6, 6.07) is -3.15. The molecule has 5 N–H and O–H groups in total. The number of hydrogen-bond acceptors (Lipinski definition) is 6. The first-order valence-electron chi connectivity index (χ1n) is 7.37. The van der Waals surface area contributed by atoms with Gasteiger partial charge in [0.2, 0.25) is 11.8 Å². The van der Waals surface area contributed by atoms with Crippen molar-refractivity contribution in [1.29, 1.82) is 0 Å². The van der Waals surface area contributed by atoms with Gasteiger partial charge in [0, 0.05) is 0 Å². The third-order valence-corrected chi connectivity index (χ3v) is 2.79. The Kier molecular flexibility index (Phi) is 8.86. The molecule has 0 heterocycles. The first kappa shape index (κ1) is 20.8. The molecule has 0 fully saturated rings. The van der Waals surface area contributed by atoms with Crippen LogP contribution in [0.2, 0.25) is 0 Å². The van der Waals surface area contributed by atoms with Gasteiger partial charge in [0.25, 0.3) is 0 Å². The molecule has 0 saturated carbocycles. The van der Waals surface area contributed by atoms with Gasteiger partial charge in [0.15, 0.2) is 0 Å². The number of carboxylic acid groups (broad SMARTS) is 1. The second kappa shape index (κ2) is 9.78. The van der Waals surface area contributed by atoms with Gasteiger partial charge < -0.3 is 26.2 Å². The maximum absolute atomic E-state index is 12.2. The minimum absolute atomic E-state index is 0.262. The molecule has 0 spiro atoms. The normalized spacial score (nSPS) is 14.5. The zero-order chi connectivity index (χ0) is 18.2. The number of nitrogens with two attached hydrogens (primary N) is 1. The van der Waals surface area contributed by atoms with Gasteiger partial charge in [0.05, 0.1) is 18.6 Å². The molecule has 1 unspecified atom stereocenters. The van der Waals surface area contributed by atoms with Crippen molar-refractivity contribution in [3.63, 3.8) is 0 Å². The van der Waals surface area contributed by atoms with Crippen LogP contribution in [0.5, 0.6) is 0 Å². The number of nitrogens with one attached hydrogen (secondary N) is 2. The maximum Gasteiger partial charge on any atom is 0.328 e. The quantitative estimate of drug-likeness (QED) is 0.402. The fourth-order valence-corrected chi connectivity index (χ4v) is 1.60. The molecule has 0 aromatic heterocycles. The van der Waals surface area contributed by atoms with E-state index in [0.717, 1.165) is 0 Å². The van der Waals surface area contributed by atoms with Crippen molar-refractivity contribution in [3.05, 3.63) is 0 Å². The van der Waals surface area contributed by atoms with Crippen LogP contribution in [0, 0.1) is 0 Å². The van der Waals surface area contributed by atoms with E-state index in [1.807, 2.05) is 0 Å². The van der Waals surface area contributed by atoms with Crippen molar-refractivity contribution in [1.82, 2.24) is 10.6 Å². The Balaban J connectivity index is 4.95. The third kappa shape index (κ3) is 8.15. The highest BCUT2D eigenvalue weighted by molar-refractivity contribution is 5.94. The van der Waals surface area contributed by atoms with Crippen LogP contribution in [-0.4, -0.2) is 53.1 Å². The zero-order valence-corrected chi connectivity index (χ0v) is 13.8. The molecule has 2 amide bonds. The van der Waals surface area contributed by atoms with Crippen molar-refractivity contribution >= 4 is 23.8 Å². The average Bonchev–Trinajstić information content (AvgIpc) is 2.41. The van der Waals surface area contributed by atoms with E-state index in [4.69, 9.17) is 15.6 Å². The van der Waals surface area contributed by atoms with Gasteiger partial charge in [-0.15, -0.1) is 0 Å². The smallest absolute Gasteiger partial charge is 0.328 e. The number of carboxylic acids is 1. The van der Waals surface area contributed by atoms with Crippen LogP contribution in [0.15, 0.2) is 0 Å². The van der Waals surface area contributed by atoms with Crippen LogP contribution in [0.25, 0.3) is 0 Å². The monoisotopic (exact) mass is 331 g/mol. The molecular weight excluding hydrogens is 306 g/mol. The van der Waals surface area contributed by atoms with Crippen LogP contribution >= 0.6 is 0 Å². The summed E-state index contributed by atoms with van der Waals surface area (Å²) in [5.74, 6) is -3.34. The number of aliphatic carboxylic acids is 1. The van der Waals surface area contributed by atoms with Gasteiger partial charge >= 0.3 is 11.9 Å². The molecule has 0 aliphatic rings. The lowest BCUT2D eigenvalue weighted by Gasteiger charge is -2.22. The lowest BCUT2D eigenvalue weighted by molar-refractivity contribution is -0.151. The Morgan fingerprint density at radius 1 is 1.04 bits per heavy atom. The molecule has 9 heteroatoms. The molecule has 23 heavy (non-hydrogen) atoms. The second-order valence-corrected chi connectivity index (χ2v) is 5.40. The van der Waals surface area contributed by atoms with Crippen molar-refractivity contribution < 1.29 is 29.0 Å². The van der Waals surface area contributed by atoms with Crippen LogP contribution in [0.3, 0.4) is 0 Å². The summed E-state index contributed by atoms with van der Waals surface area (Å²) < 4.78 is 5.01. The van der Waals surface area contributed by atoms with E-state index >= 15 is 0 Å². The highest BCUT2D eigenvalue weighted by atomic mass is 16.5. The van der Waals surface area contributed by atoms with Gasteiger partial charge in [-0.25, -0.2) is 4.79 Å². The van der Waals surface area contributed by atoms with Crippen LogP contribution in [0.1, 0.15) is 40.5 Å². The van der Waals surface area contributed by atoms with E-state index in [-0.39, 0.29) is 12.5 Å². The predicted octanol–water partition coefficient (Wildman–Crippen LogP) is -0.860. The average molecular weight is 331 g/mol. The highest BCUT2D eigenvalue weighted by Gasteiger charge is 2.29. The maximum atomic E-state index is 12.2. The van der Waals surface area contributed by atoms with Crippen molar-refractivity contribution in [2.45, 2.75) is 64.8 Å². The van der Waals surface area contributed by atoms with E-state index in [2.05, 4.69) is 10.6 Å². The molecule has 0 radical (unpaired) electrons. The lowest BCUT2D eigenvalue weighted by atomic mass is 10.1. The fourth-order valence-electron chi connectivity index (χ4n) is 1.60. The molecule has 0 aliphatic carbocycles. The first-order valence-corrected chi connectivity index (χ1v) is 7.37. The lowest BCUT2D eigenvalue weighted by Crippen LogP contribution is -2.54. The third-order valence-electron chi connectivity index (χ3n) is 2.79. The summed E-state index contributed by atoms with van der Waals surface area (Å²) in [6.45, 7) is 6.41. The summed E-state index contributed by atoms with van der Waals surface area (Å²) >= 11 is 0. The molecule has 3 atom stereocenters. The summed E-state index contributed by atoms with van der Waals surface area (Å²) in [5.41, 5.74) is 5.38. The largest absolute Gasteiger partial charge is 0.481 e. The van der Waals surface area contributed by atoms with E-state index in [1.165, 1.54) is 6.92 Å². The van der Waals surface area contributed by atoms with E-state index in [1.54, 1.807) is 20.8 Å². The highest BCUT2D eigenvalue weighted by Crippen LogP contribution is 2.02. The van der Waals surface area contributed by atoms with Crippen LogP contribution in [0.4, 0.5) is 0 Å². The van der Waals surface area contributed by atoms with Crippen molar-refractivity contribution in [2.75, 3.05) is 0 Å². The molecular formula is C14H25N3O6. The standard InChI is InChI=1S/C14H25N3O6/c1-5-9(14(22)23-7(2)3)16-13(21)10(6-11(18)19)17-12(20)8(4)15/h7-10H,5-6,15H2,1-4H3,(H,16,21)(H,17,20)(H,18,19)/t8-,9?,10+/m1/s1. The molecule has 0 aliphatic heterocycles. The first-order chi connectivity index (χ1) is 10.6. The van der Waals surface area contributed by atoms with E-state index < -0.39 is 48.3 Å². The molecule has 0 aromatic rings. The van der Waals surface area contributed by atoms with Gasteiger partial charge in [-0.2, -0.15) is 0 Å². The second-order valence-electron chi connectivity index (χ2n) is 5.40. The number of carbonyl (C=O) groups is 4. The number of rotatable bonds is 9. The number of amides is 2. The molecule has 0 saturated heterocycles. The SMILES string of the molecule is CCC(NC(=O)[C@H](CC(=O)O)NC(=O)[C@@H](C)N)C(=O)OC(C)C.